The number of carbonyl (C=O) groups is 2. The maximum atomic E-state index is 14.3. The highest BCUT2D eigenvalue weighted by molar-refractivity contribution is 5.96. The van der Waals surface area contributed by atoms with Gasteiger partial charge in [-0.15, -0.1) is 0 Å². The molecule has 0 bridgehead atoms. The summed E-state index contributed by atoms with van der Waals surface area (Å²) in [6.07, 6.45) is -3.33. The summed E-state index contributed by atoms with van der Waals surface area (Å²) < 4.78 is 49.9. The SMILES string of the molecule is COC(=O)[C@@H]1N(c2ccc(OC)cc2)[C@@H](c2ccccc2)C(=O)N(Cc2ccc(C(F)(F)F)cc2)C12CC2. The molecule has 1 spiro atoms. The van der Waals surface area contributed by atoms with Gasteiger partial charge in [0.05, 0.1) is 25.3 Å². The Morgan fingerprint density at radius 2 is 1.58 bits per heavy atom. The van der Waals surface area contributed by atoms with Gasteiger partial charge in [-0.3, -0.25) is 4.79 Å². The highest BCUT2D eigenvalue weighted by Crippen LogP contribution is 2.54. The van der Waals surface area contributed by atoms with Crippen LogP contribution in [-0.4, -0.2) is 42.6 Å². The van der Waals surface area contributed by atoms with Crippen LogP contribution in [0.1, 0.15) is 35.6 Å². The summed E-state index contributed by atoms with van der Waals surface area (Å²) in [5.41, 5.74) is 0.288. The number of piperazine rings is 1. The minimum Gasteiger partial charge on any atom is -0.497 e. The van der Waals surface area contributed by atoms with Crippen LogP contribution in [0, 0.1) is 0 Å². The third-order valence-electron chi connectivity index (χ3n) is 7.40. The second-order valence-corrected chi connectivity index (χ2v) is 9.57. The number of esters is 1. The molecule has 38 heavy (non-hydrogen) atoms. The summed E-state index contributed by atoms with van der Waals surface area (Å²) >= 11 is 0. The van der Waals surface area contributed by atoms with Gasteiger partial charge in [-0.05, 0) is 60.4 Å². The minimum absolute atomic E-state index is 0.0737. The number of hydrogen-bond donors (Lipinski definition) is 0. The van der Waals surface area contributed by atoms with Gasteiger partial charge in [0.15, 0.2) is 6.04 Å². The molecule has 6 nitrogen and oxygen atoms in total. The van der Waals surface area contributed by atoms with Crippen LogP contribution < -0.4 is 9.64 Å². The molecule has 1 saturated carbocycles. The average molecular weight is 525 g/mol. The predicted octanol–water partition coefficient (Wildman–Crippen LogP) is 5.38. The largest absolute Gasteiger partial charge is 0.497 e. The number of hydrogen-bond acceptors (Lipinski definition) is 5. The molecule has 0 N–H and O–H groups in total. The van der Waals surface area contributed by atoms with Crippen LogP contribution in [0.15, 0.2) is 78.9 Å². The van der Waals surface area contributed by atoms with Gasteiger partial charge < -0.3 is 19.3 Å². The molecule has 0 unspecified atom stereocenters. The van der Waals surface area contributed by atoms with E-state index >= 15 is 0 Å². The normalized spacial score (nSPS) is 20.4. The summed E-state index contributed by atoms with van der Waals surface area (Å²) in [5.74, 6) is -0.0817. The summed E-state index contributed by atoms with van der Waals surface area (Å²) in [6, 6.07) is 19.4. The van der Waals surface area contributed by atoms with Crippen molar-refractivity contribution in [2.75, 3.05) is 19.1 Å². The van der Waals surface area contributed by atoms with Gasteiger partial charge in [-0.2, -0.15) is 13.2 Å². The quantitative estimate of drug-likeness (QED) is 0.406. The van der Waals surface area contributed by atoms with E-state index in [0.29, 0.717) is 35.4 Å². The summed E-state index contributed by atoms with van der Waals surface area (Å²) in [4.78, 5) is 31.2. The minimum atomic E-state index is -4.45. The van der Waals surface area contributed by atoms with Crippen molar-refractivity contribution in [3.8, 4) is 5.75 Å². The lowest BCUT2D eigenvalue weighted by Crippen LogP contribution is -2.67. The van der Waals surface area contributed by atoms with Gasteiger partial charge >= 0.3 is 12.1 Å². The molecule has 0 radical (unpaired) electrons. The van der Waals surface area contributed by atoms with Crippen molar-refractivity contribution in [1.82, 2.24) is 4.90 Å². The van der Waals surface area contributed by atoms with E-state index in [1.807, 2.05) is 35.2 Å². The number of carbonyl (C=O) groups excluding carboxylic acids is 2. The first kappa shape index (κ1) is 25.6. The highest BCUT2D eigenvalue weighted by Gasteiger charge is 2.66. The molecule has 9 heteroatoms. The molecule has 3 aromatic rings. The lowest BCUT2D eigenvalue weighted by Gasteiger charge is -2.51. The Kier molecular flexibility index (Phi) is 6.54. The van der Waals surface area contributed by atoms with Crippen LogP contribution in [-0.2, 0) is 27.0 Å². The number of ether oxygens (including phenoxy) is 2. The van der Waals surface area contributed by atoms with Crippen LogP contribution >= 0.6 is 0 Å². The molecule has 0 aromatic heterocycles. The summed E-state index contributed by atoms with van der Waals surface area (Å²) in [7, 11) is 2.88. The van der Waals surface area contributed by atoms with Gasteiger partial charge in [0.1, 0.15) is 11.8 Å². The fourth-order valence-corrected chi connectivity index (χ4v) is 5.37. The number of halogens is 3. The fraction of sp³-hybridized carbons (Fsp3) is 0.310. The zero-order valence-corrected chi connectivity index (χ0v) is 20.9. The van der Waals surface area contributed by atoms with E-state index < -0.39 is 35.3 Å². The number of amides is 1. The van der Waals surface area contributed by atoms with Crippen LogP contribution in [0.5, 0.6) is 5.75 Å². The molecule has 5 rings (SSSR count). The maximum Gasteiger partial charge on any atom is 0.416 e. The third-order valence-corrected chi connectivity index (χ3v) is 7.40. The van der Waals surface area contributed by atoms with Crippen molar-refractivity contribution in [3.05, 3.63) is 95.6 Å². The smallest absolute Gasteiger partial charge is 0.416 e. The van der Waals surface area contributed by atoms with Gasteiger partial charge in [0.25, 0.3) is 5.91 Å². The molecular formula is C29H27F3N2O4. The van der Waals surface area contributed by atoms with Crippen molar-refractivity contribution < 1.29 is 32.2 Å². The average Bonchev–Trinajstić information content (AvgIpc) is 3.71. The topological polar surface area (TPSA) is 59.1 Å². The van der Waals surface area contributed by atoms with Gasteiger partial charge in [-0.25, -0.2) is 4.79 Å². The molecule has 1 amide bonds. The molecule has 2 aliphatic rings. The number of anilines is 1. The van der Waals surface area contributed by atoms with Crippen LogP contribution in [0.4, 0.5) is 18.9 Å². The monoisotopic (exact) mass is 524 g/mol. The highest BCUT2D eigenvalue weighted by atomic mass is 19.4. The Morgan fingerprint density at radius 1 is 0.947 bits per heavy atom. The number of alkyl halides is 3. The molecule has 1 heterocycles. The number of nitrogens with zero attached hydrogens (tertiary/aromatic N) is 2. The molecule has 3 aromatic carbocycles. The van der Waals surface area contributed by atoms with E-state index in [-0.39, 0.29) is 12.5 Å². The first-order valence-electron chi connectivity index (χ1n) is 12.2. The fourth-order valence-electron chi connectivity index (χ4n) is 5.37. The predicted molar refractivity (Wildman–Crippen MR) is 134 cm³/mol. The van der Waals surface area contributed by atoms with Gasteiger partial charge in [-0.1, -0.05) is 42.5 Å². The Morgan fingerprint density at radius 3 is 2.11 bits per heavy atom. The second kappa shape index (κ2) is 9.70. The van der Waals surface area contributed by atoms with Crippen molar-refractivity contribution in [1.29, 1.82) is 0 Å². The number of methoxy groups -OCH3 is 2. The van der Waals surface area contributed by atoms with E-state index in [1.165, 1.54) is 19.2 Å². The van der Waals surface area contributed by atoms with Gasteiger partial charge in [0, 0.05) is 12.2 Å². The van der Waals surface area contributed by atoms with Crippen LogP contribution in [0.25, 0.3) is 0 Å². The lowest BCUT2D eigenvalue weighted by molar-refractivity contribution is -0.152. The van der Waals surface area contributed by atoms with E-state index in [2.05, 4.69) is 0 Å². The van der Waals surface area contributed by atoms with Crippen LogP contribution in [0.3, 0.4) is 0 Å². The van der Waals surface area contributed by atoms with Crippen molar-refractivity contribution in [3.63, 3.8) is 0 Å². The standard InChI is InChI=1S/C29H27F3N2O4/c1-37-23-14-12-22(13-15-23)34-24(20-6-4-3-5-7-20)26(35)33(28(16-17-28)25(34)27(36)38-2)18-19-8-10-21(11-9-19)29(30,31)32/h3-15,24-25H,16-18H2,1-2H3/t24-,25-/m0/s1. The second-order valence-electron chi connectivity index (χ2n) is 9.57. The Bertz CT molecular complexity index is 1310. The third kappa shape index (κ3) is 4.46. The zero-order chi connectivity index (χ0) is 27.1. The molecule has 198 valence electrons. The molecule has 1 aliphatic carbocycles. The van der Waals surface area contributed by atoms with E-state index in [4.69, 9.17) is 9.47 Å². The van der Waals surface area contributed by atoms with Gasteiger partial charge in [0.2, 0.25) is 0 Å². The van der Waals surface area contributed by atoms with Crippen LogP contribution in [0.2, 0.25) is 0 Å². The number of benzene rings is 3. The molecular weight excluding hydrogens is 497 g/mol. The maximum absolute atomic E-state index is 14.3. The zero-order valence-electron chi connectivity index (χ0n) is 20.9. The first-order valence-corrected chi connectivity index (χ1v) is 12.2. The van der Waals surface area contributed by atoms with Crippen molar-refractivity contribution in [2.24, 2.45) is 0 Å². The first-order chi connectivity index (χ1) is 18.2. The van der Waals surface area contributed by atoms with E-state index in [1.54, 1.807) is 36.3 Å². The summed E-state index contributed by atoms with van der Waals surface area (Å²) in [6.45, 7) is 0.0737. The lowest BCUT2D eigenvalue weighted by atomic mass is 9.89. The number of rotatable bonds is 6. The Hall–Kier alpha value is -4.01. The van der Waals surface area contributed by atoms with E-state index in [0.717, 1.165) is 12.1 Å². The molecule has 2 atom stereocenters. The Labute approximate surface area is 218 Å². The van der Waals surface area contributed by atoms with E-state index in [9.17, 15) is 22.8 Å². The molecule has 1 aliphatic heterocycles. The van der Waals surface area contributed by atoms with Crippen molar-refractivity contribution in [2.45, 2.75) is 43.2 Å². The molecule has 2 fully saturated rings. The van der Waals surface area contributed by atoms with Crippen molar-refractivity contribution >= 4 is 17.6 Å². The Balaban J connectivity index is 1.61. The molecule has 1 saturated heterocycles. The summed E-state index contributed by atoms with van der Waals surface area (Å²) in [5, 5.41) is 0.